The summed E-state index contributed by atoms with van der Waals surface area (Å²) in [7, 11) is 1.38. The number of carbonyl (C=O) groups is 1. The van der Waals surface area contributed by atoms with Crippen LogP contribution < -0.4 is 0 Å². The normalized spacial score (nSPS) is 10.4. The lowest BCUT2D eigenvalue weighted by Gasteiger charge is -2.01. The molecule has 2 aromatic rings. The molecule has 0 atom stereocenters. The third-order valence-electron chi connectivity index (χ3n) is 2.50. The molecular weight excluding hydrogens is 280 g/mol. The summed E-state index contributed by atoms with van der Waals surface area (Å²) in [6, 6.07) is 7.42. The molecule has 0 aliphatic carbocycles. The molecule has 0 amide bonds. The Balaban J connectivity index is 1.94. The zero-order chi connectivity index (χ0) is 13.7. The maximum atomic E-state index is 11.3. The summed E-state index contributed by atoms with van der Waals surface area (Å²) in [5.74, 6) is 1.41. The Bertz CT molecular complexity index is 552. The van der Waals surface area contributed by atoms with Gasteiger partial charge in [0.05, 0.1) is 12.7 Å². The molecule has 0 bridgehead atoms. The van der Waals surface area contributed by atoms with Gasteiger partial charge in [0.15, 0.2) is 4.34 Å². The molecule has 0 saturated heterocycles. The first-order valence-corrected chi connectivity index (χ1v) is 7.61. The molecule has 19 heavy (non-hydrogen) atoms. The number of rotatable bonds is 5. The SMILES string of the molecule is CCc1nsc(SCc2ccc(C(=O)OC)cc2)n1. The molecule has 0 spiro atoms. The van der Waals surface area contributed by atoms with Gasteiger partial charge in [-0.25, -0.2) is 9.78 Å². The lowest BCUT2D eigenvalue weighted by atomic mass is 10.1. The number of thioether (sulfide) groups is 1. The van der Waals surface area contributed by atoms with E-state index in [2.05, 4.69) is 14.1 Å². The second-order valence-corrected chi connectivity index (χ2v) is 5.78. The molecule has 0 aliphatic heterocycles. The summed E-state index contributed by atoms with van der Waals surface area (Å²) in [5, 5.41) is 0. The number of aromatic nitrogens is 2. The molecule has 0 radical (unpaired) electrons. The molecule has 4 nitrogen and oxygen atoms in total. The average molecular weight is 294 g/mol. The molecule has 0 aliphatic rings. The van der Waals surface area contributed by atoms with E-state index in [9.17, 15) is 4.79 Å². The van der Waals surface area contributed by atoms with Gasteiger partial charge >= 0.3 is 5.97 Å². The Kier molecular flexibility index (Phi) is 4.93. The van der Waals surface area contributed by atoms with E-state index in [1.54, 1.807) is 23.9 Å². The fraction of sp³-hybridized carbons (Fsp3) is 0.308. The Labute approximate surface area is 120 Å². The minimum Gasteiger partial charge on any atom is -0.465 e. The van der Waals surface area contributed by atoms with Gasteiger partial charge in [0.25, 0.3) is 0 Å². The molecule has 100 valence electrons. The van der Waals surface area contributed by atoms with E-state index in [-0.39, 0.29) is 5.97 Å². The molecule has 0 N–H and O–H groups in total. The van der Waals surface area contributed by atoms with Gasteiger partial charge in [0.1, 0.15) is 5.82 Å². The van der Waals surface area contributed by atoms with E-state index >= 15 is 0 Å². The number of aryl methyl sites for hydroxylation is 1. The smallest absolute Gasteiger partial charge is 0.337 e. The van der Waals surface area contributed by atoms with Crippen LogP contribution in [0.3, 0.4) is 0 Å². The minimum atomic E-state index is -0.309. The summed E-state index contributed by atoms with van der Waals surface area (Å²) in [4.78, 5) is 15.7. The van der Waals surface area contributed by atoms with E-state index in [1.165, 1.54) is 18.6 Å². The van der Waals surface area contributed by atoms with Crippen LogP contribution in [0.1, 0.15) is 28.7 Å². The van der Waals surface area contributed by atoms with Crippen LogP contribution in [0.5, 0.6) is 0 Å². The number of hydrogen-bond acceptors (Lipinski definition) is 6. The summed E-state index contributed by atoms with van der Waals surface area (Å²) in [5.41, 5.74) is 1.71. The minimum absolute atomic E-state index is 0.309. The maximum absolute atomic E-state index is 11.3. The van der Waals surface area contributed by atoms with Gasteiger partial charge in [-0.1, -0.05) is 30.8 Å². The summed E-state index contributed by atoms with van der Waals surface area (Å²) in [6.45, 7) is 2.04. The Hall–Kier alpha value is -1.40. The predicted octanol–water partition coefficient (Wildman–Crippen LogP) is 3.18. The largest absolute Gasteiger partial charge is 0.465 e. The first-order chi connectivity index (χ1) is 9.22. The van der Waals surface area contributed by atoms with Crippen molar-refractivity contribution in [1.29, 1.82) is 0 Å². The zero-order valence-electron chi connectivity index (χ0n) is 10.8. The monoisotopic (exact) mass is 294 g/mol. The zero-order valence-corrected chi connectivity index (χ0v) is 12.4. The first-order valence-electron chi connectivity index (χ1n) is 5.85. The van der Waals surface area contributed by atoms with Gasteiger partial charge in [0.2, 0.25) is 0 Å². The van der Waals surface area contributed by atoms with Crippen molar-refractivity contribution in [1.82, 2.24) is 9.36 Å². The lowest BCUT2D eigenvalue weighted by molar-refractivity contribution is 0.0600. The van der Waals surface area contributed by atoms with E-state index in [0.717, 1.165) is 27.9 Å². The highest BCUT2D eigenvalue weighted by Gasteiger charge is 2.06. The number of methoxy groups -OCH3 is 1. The molecule has 0 unspecified atom stereocenters. The standard InChI is InChI=1S/C13H14N2O2S2/c1-3-11-14-13(19-15-11)18-8-9-4-6-10(7-5-9)12(16)17-2/h4-7H,3,8H2,1-2H3. The van der Waals surface area contributed by atoms with Crippen molar-refractivity contribution in [2.24, 2.45) is 0 Å². The maximum Gasteiger partial charge on any atom is 0.337 e. The van der Waals surface area contributed by atoms with E-state index in [4.69, 9.17) is 0 Å². The fourth-order valence-corrected chi connectivity index (χ4v) is 3.09. The first kappa shape index (κ1) is 14.0. The van der Waals surface area contributed by atoms with E-state index in [0.29, 0.717) is 5.56 Å². The summed E-state index contributed by atoms with van der Waals surface area (Å²) >= 11 is 3.09. The molecule has 2 rings (SSSR count). The number of benzene rings is 1. The summed E-state index contributed by atoms with van der Waals surface area (Å²) in [6.07, 6.45) is 0.866. The summed E-state index contributed by atoms with van der Waals surface area (Å²) < 4.78 is 9.88. The van der Waals surface area contributed by atoms with Gasteiger partial charge in [-0.3, -0.25) is 0 Å². The van der Waals surface area contributed by atoms with Gasteiger partial charge in [-0.05, 0) is 29.2 Å². The van der Waals surface area contributed by atoms with Gasteiger partial charge in [-0.2, -0.15) is 4.37 Å². The molecule has 0 saturated carbocycles. The van der Waals surface area contributed by atoms with Crippen LogP contribution in [-0.2, 0) is 16.9 Å². The van der Waals surface area contributed by atoms with Crippen LogP contribution in [0.25, 0.3) is 0 Å². The third kappa shape index (κ3) is 3.78. The predicted molar refractivity (Wildman–Crippen MR) is 76.6 cm³/mol. The highest BCUT2D eigenvalue weighted by atomic mass is 32.2. The van der Waals surface area contributed by atoms with E-state index < -0.39 is 0 Å². The Morgan fingerprint density at radius 2 is 2.11 bits per heavy atom. The van der Waals surface area contributed by atoms with Crippen molar-refractivity contribution in [3.63, 3.8) is 0 Å². The van der Waals surface area contributed by atoms with Crippen LogP contribution in [0.15, 0.2) is 28.6 Å². The van der Waals surface area contributed by atoms with Gasteiger partial charge in [-0.15, -0.1) is 0 Å². The van der Waals surface area contributed by atoms with Gasteiger partial charge in [0, 0.05) is 12.2 Å². The number of carbonyl (C=O) groups excluding carboxylic acids is 1. The molecule has 0 fully saturated rings. The van der Waals surface area contributed by atoms with Crippen LogP contribution in [0, 0.1) is 0 Å². The molecule has 1 heterocycles. The molecule has 1 aromatic carbocycles. The molecule has 1 aromatic heterocycles. The number of hydrogen-bond donors (Lipinski definition) is 0. The van der Waals surface area contributed by atoms with Crippen LogP contribution in [-0.4, -0.2) is 22.4 Å². The van der Waals surface area contributed by atoms with Crippen molar-refractivity contribution < 1.29 is 9.53 Å². The van der Waals surface area contributed by atoms with Crippen LogP contribution in [0.4, 0.5) is 0 Å². The second kappa shape index (κ2) is 6.68. The second-order valence-electron chi connectivity index (χ2n) is 3.81. The topological polar surface area (TPSA) is 52.1 Å². The van der Waals surface area contributed by atoms with Crippen molar-refractivity contribution in [3.8, 4) is 0 Å². The molecular formula is C13H14N2O2S2. The van der Waals surface area contributed by atoms with Gasteiger partial charge < -0.3 is 4.74 Å². The van der Waals surface area contributed by atoms with Crippen LogP contribution in [0.2, 0.25) is 0 Å². The van der Waals surface area contributed by atoms with Crippen molar-refractivity contribution in [2.45, 2.75) is 23.4 Å². The van der Waals surface area contributed by atoms with E-state index in [1.807, 2.05) is 19.1 Å². The van der Waals surface area contributed by atoms with Crippen LogP contribution >= 0.6 is 23.3 Å². The van der Waals surface area contributed by atoms with Crippen molar-refractivity contribution in [2.75, 3.05) is 7.11 Å². The number of nitrogens with zero attached hydrogens (tertiary/aromatic N) is 2. The Morgan fingerprint density at radius 1 is 1.37 bits per heavy atom. The van der Waals surface area contributed by atoms with Crippen molar-refractivity contribution in [3.05, 3.63) is 41.2 Å². The molecule has 6 heteroatoms. The highest BCUT2D eigenvalue weighted by molar-refractivity contribution is 8.00. The average Bonchev–Trinajstić information content (AvgIpc) is 2.93. The van der Waals surface area contributed by atoms with Crippen molar-refractivity contribution >= 4 is 29.3 Å². The quantitative estimate of drug-likeness (QED) is 0.626. The lowest BCUT2D eigenvalue weighted by Crippen LogP contribution is -2.00. The third-order valence-corrected chi connectivity index (χ3v) is 4.45. The fourth-order valence-electron chi connectivity index (χ4n) is 1.44. The highest BCUT2D eigenvalue weighted by Crippen LogP contribution is 2.24. The number of esters is 1. The number of ether oxygens (including phenoxy) is 1. The Morgan fingerprint density at radius 3 is 2.68 bits per heavy atom.